The molecule has 0 radical (unpaired) electrons. The number of nitrogens with two attached hydrogens (primary N) is 1. The van der Waals surface area contributed by atoms with E-state index in [2.05, 4.69) is 9.97 Å². The summed E-state index contributed by atoms with van der Waals surface area (Å²) >= 11 is 0. The Kier molecular flexibility index (Phi) is 3.30. The van der Waals surface area contributed by atoms with Crippen LogP contribution in [0, 0.1) is 0 Å². The van der Waals surface area contributed by atoms with Crippen LogP contribution in [0.1, 0.15) is 11.3 Å². The highest BCUT2D eigenvalue weighted by molar-refractivity contribution is 5.66. The maximum Gasteiger partial charge on any atom is 0.434 e. The fraction of sp³-hybridized carbons (Fsp3) is 0.286. The van der Waals surface area contributed by atoms with Crippen molar-refractivity contribution in [2.45, 2.75) is 11.8 Å². The third-order valence-electron chi connectivity index (χ3n) is 3.49. The van der Waals surface area contributed by atoms with E-state index in [4.69, 9.17) is 10.5 Å². The van der Waals surface area contributed by atoms with E-state index in [-0.39, 0.29) is 18.8 Å². The van der Waals surface area contributed by atoms with Gasteiger partial charge in [0, 0.05) is 11.8 Å². The molecule has 1 aromatic heterocycles. The number of anilines is 1. The lowest BCUT2D eigenvalue weighted by molar-refractivity contribution is -0.184. The van der Waals surface area contributed by atoms with E-state index >= 15 is 0 Å². The highest BCUT2D eigenvalue weighted by Gasteiger charge is 2.38. The van der Waals surface area contributed by atoms with Gasteiger partial charge in [-0.25, -0.2) is 9.97 Å². The van der Waals surface area contributed by atoms with Gasteiger partial charge in [-0.05, 0) is 11.1 Å². The van der Waals surface area contributed by atoms with Gasteiger partial charge in [0.05, 0.1) is 13.2 Å². The van der Waals surface area contributed by atoms with Crippen LogP contribution in [-0.4, -0.2) is 28.3 Å². The molecule has 8 heteroatoms. The van der Waals surface area contributed by atoms with Gasteiger partial charge in [-0.1, -0.05) is 24.3 Å². The Morgan fingerprint density at radius 2 is 1.82 bits per heavy atom. The lowest BCUT2D eigenvalue weighted by Crippen LogP contribution is -2.46. The third-order valence-corrected chi connectivity index (χ3v) is 3.49. The fourth-order valence-corrected chi connectivity index (χ4v) is 2.24. The summed E-state index contributed by atoms with van der Waals surface area (Å²) in [6, 6.07) is 6.09. The van der Waals surface area contributed by atoms with Gasteiger partial charge in [-0.3, -0.25) is 0 Å². The minimum absolute atomic E-state index is 0.162. The SMILES string of the molecule is Nc1ncc(-c2ccc(C3(O)COC3)cc2)c(C(F)(F)F)n1. The lowest BCUT2D eigenvalue weighted by Gasteiger charge is -2.36. The van der Waals surface area contributed by atoms with Crippen molar-refractivity contribution in [1.29, 1.82) is 0 Å². The summed E-state index contributed by atoms with van der Waals surface area (Å²) in [7, 11) is 0. The normalized spacial score (nSPS) is 17.1. The van der Waals surface area contributed by atoms with Crippen molar-refractivity contribution in [2.75, 3.05) is 18.9 Å². The quantitative estimate of drug-likeness (QED) is 0.886. The van der Waals surface area contributed by atoms with Gasteiger partial charge in [0.1, 0.15) is 5.60 Å². The first-order chi connectivity index (χ1) is 10.3. The van der Waals surface area contributed by atoms with Crippen LogP contribution in [0.5, 0.6) is 0 Å². The van der Waals surface area contributed by atoms with Gasteiger partial charge < -0.3 is 15.6 Å². The third kappa shape index (κ3) is 2.51. The van der Waals surface area contributed by atoms with Crippen LogP contribution in [0.3, 0.4) is 0 Å². The van der Waals surface area contributed by atoms with E-state index in [1.54, 1.807) is 12.1 Å². The van der Waals surface area contributed by atoms with Crippen molar-refractivity contribution < 1.29 is 23.0 Å². The molecular weight excluding hydrogens is 299 g/mol. The number of nitrogens with zero attached hydrogens (tertiary/aromatic N) is 2. The second-order valence-electron chi connectivity index (χ2n) is 5.09. The summed E-state index contributed by atoms with van der Waals surface area (Å²) in [6.45, 7) is 0.344. The van der Waals surface area contributed by atoms with E-state index in [0.717, 1.165) is 6.20 Å². The molecule has 1 aliphatic heterocycles. The van der Waals surface area contributed by atoms with Crippen molar-refractivity contribution in [1.82, 2.24) is 9.97 Å². The summed E-state index contributed by atoms with van der Waals surface area (Å²) in [4.78, 5) is 6.92. The molecule has 1 aromatic carbocycles. The summed E-state index contributed by atoms with van der Waals surface area (Å²) < 4.78 is 44.1. The van der Waals surface area contributed by atoms with Crippen molar-refractivity contribution in [3.63, 3.8) is 0 Å². The summed E-state index contributed by atoms with van der Waals surface area (Å²) in [5.74, 6) is -0.436. The number of hydrogen-bond acceptors (Lipinski definition) is 5. The molecule has 22 heavy (non-hydrogen) atoms. The standard InChI is InChI=1S/C14H12F3N3O2/c15-14(16,17)11-10(5-19-12(18)20-11)8-1-3-9(4-2-8)13(21)6-22-7-13/h1-5,21H,6-7H2,(H2,18,19,20). The number of alkyl halides is 3. The van der Waals surface area contributed by atoms with Crippen LogP contribution in [0.2, 0.25) is 0 Å². The maximum absolute atomic E-state index is 13.0. The van der Waals surface area contributed by atoms with Crippen LogP contribution in [0.15, 0.2) is 30.5 Å². The monoisotopic (exact) mass is 311 g/mol. The Morgan fingerprint density at radius 3 is 2.32 bits per heavy atom. The zero-order valence-corrected chi connectivity index (χ0v) is 11.3. The van der Waals surface area contributed by atoms with E-state index in [9.17, 15) is 18.3 Å². The predicted octanol–water partition coefficient (Wildman–Crippen LogP) is 1.96. The molecule has 1 aliphatic rings. The van der Waals surface area contributed by atoms with Gasteiger partial charge >= 0.3 is 6.18 Å². The minimum atomic E-state index is -4.63. The molecule has 0 bridgehead atoms. The molecule has 2 heterocycles. The molecule has 0 aliphatic carbocycles. The molecule has 0 atom stereocenters. The second-order valence-corrected chi connectivity index (χ2v) is 5.09. The second kappa shape index (κ2) is 4.92. The number of halogens is 3. The van der Waals surface area contributed by atoms with Gasteiger partial charge in [0.2, 0.25) is 5.95 Å². The Bertz CT molecular complexity index is 697. The summed E-state index contributed by atoms with van der Waals surface area (Å²) in [5, 5.41) is 10.1. The minimum Gasteiger partial charge on any atom is -0.380 e. The first-order valence-electron chi connectivity index (χ1n) is 6.40. The van der Waals surface area contributed by atoms with E-state index < -0.39 is 23.4 Å². The van der Waals surface area contributed by atoms with E-state index in [0.29, 0.717) is 11.1 Å². The molecule has 0 saturated carbocycles. The smallest absolute Gasteiger partial charge is 0.380 e. The van der Waals surface area contributed by atoms with Gasteiger partial charge in [-0.2, -0.15) is 13.2 Å². The highest BCUT2D eigenvalue weighted by Crippen LogP contribution is 2.36. The largest absolute Gasteiger partial charge is 0.434 e. The topological polar surface area (TPSA) is 81.3 Å². The zero-order chi connectivity index (χ0) is 16.0. The lowest BCUT2D eigenvalue weighted by atomic mass is 9.90. The molecule has 1 fully saturated rings. The van der Waals surface area contributed by atoms with Crippen LogP contribution < -0.4 is 5.73 Å². The predicted molar refractivity (Wildman–Crippen MR) is 71.6 cm³/mol. The summed E-state index contributed by atoms with van der Waals surface area (Å²) in [6.07, 6.45) is -3.59. The van der Waals surface area contributed by atoms with Gasteiger partial charge in [0.15, 0.2) is 5.69 Å². The highest BCUT2D eigenvalue weighted by atomic mass is 19.4. The van der Waals surface area contributed by atoms with E-state index in [1.807, 2.05) is 0 Å². The van der Waals surface area contributed by atoms with Gasteiger partial charge in [0.25, 0.3) is 0 Å². The van der Waals surface area contributed by atoms with Crippen LogP contribution in [0.4, 0.5) is 19.1 Å². The van der Waals surface area contributed by atoms with Crippen molar-refractivity contribution in [3.05, 3.63) is 41.7 Å². The molecule has 0 unspecified atom stereocenters. The van der Waals surface area contributed by atoms with Crippen LogP contribution in [0.25, 0.3) is 11.1 Å². The number of aromatic nitrogens is 2. The maximum atomic E-state index is 13.0. The van der Waals surface area contributed by atoms with Crippen molar-refractivity contribution >= 4 is 5.95 Å². The zero-order valence-electron chi connectivity index (χ0n) is 11.3. The van der Waals surface area contributed by atoms with E-state index in [1.165, 1.54) is 12.1 Å². The number of nitrogen functional groups attached to an aromatic ring is 1. The number of hydrogen-bond donors (Lipinski definition) is 2. The molecule has 1 saturated heterocycles. The van der Waals surface area contributed by atoms with Crippen LogP contribution in [-0.2, 0) is 16.5 Å². The number of benzene rings is 1. The molecule has 116 valence electrons. The Labute approximate surface area is 123 Å². The number of ether oxygens (including phenoxy) is 1. The molecule has 0 spiro atoms. The number of aliphatic hydroxyl groups is 1. The molecule has 3 N–H and O–H groups in total. The van der Waals surface area contributed by atoms with Crippen LogP contribution >= 0.6 is 0 Å². The molecular formula is C14H12F3N3O2. The Hall–Kier alpha value is -2.19. The first kappa shape index (κ1) is 14.7. The average molecular weight is 311 g/mol. The summed E-state index contributed by atoms with van der Waals surface area (Å²) in [5.41, 5.74) is 3.81. The molecule has 5 nitrogen and oxygen atoms in total. The average Bonchev–Trinajstić information content (AvgIpc) is 2.44. The molecule has 3 rings (SSSR count). The molecule has 2 aromatic rings. The van der Waals surface area contributed by atoms with Crippen molar-refractivity contribution in [3.8, 4) is 11.1 Å². The fourth-order valence-electron chi connectivity index (χ4n) is 2.24. The first-order valence-corrected chi connectivity index (χ1v) is 6.40. The number of rotatable bonds is 2. The Morgan fingerprint density at radius 1 is 1.18 bits per heavy atom. The van der Waals surface area contributed by atoms with Crippen molar-refractivity contribution in [2.24, 2.45) is 0 Å². The van der Waals surface area contributed by atoms with Gasteiger partial charge in [-0.15, -0.1) is 0 Å². The Balaban J connectivity index is 2.01. The molecule has 0 amide bonds.